The summed E-state index contributed by atoms with van der Waals surface area (Å²) in [6, 6.07) is 16.7. The summed E-state index contributed by atoms with van der Waals surface area (Å²) in [6.45, 7) is 0. The molecule has 0 saturated heterocycles. The molecule has 0 aromatic heterocycles. The normalized spacial score (nSPS) is 26.1. The number of benzene rings is 3. The van der Waals surface area contributed by atoms with Crippen molar-refractivity contribution in [2.75, 3.05) is 21.3 Å². The highest BCUT2D eigenvalue weighted by molar-refractivity contribution is 6.30. The Balaban J connectivity index is 1.87. The summed E-state index contributed by atoms with van der Waals surface area (Å²) in [4.78, 5) is 5.15. The number of nitrogens with zero attached hydrogens (tertiary/aromatic N) is 1. The first kappa shape index (κ1) is 22.5. The largest absolute Gasteiger partial charge is 0.496 e. The van der Waals surface area contributed by atoms with Crippen molar-refractivity contribution in [3.63, 3.8) is 0 Å². The summed E-state index contributed by atoms with van der Waals surface area (Å²) in [5.74, 6) is 0.332. The van der Waals surface area contributed by atoms with Crippen LogP contribution in [0.2, 0.25) is 5.02 Å². The van der Waals surface area contributed by atoms with E-state index in [-0.39, 0.29) is 12.2 Å². The summed E-state index contributed by atoms with van der Waals surface area (Å²) in [7, 11) is 4.46. The van der Waals surface area contributed by atoms with Gasteiger partial charge in [0, 0.05) is 29.5 Å². The van der Waals surface area contributed by atoms with E-state index in [0.717, 1.165) is 0 Å². The number of methoxy groups -OCH3 is 2. The van der Waals surface area contributed by atoms with Crippen molar-refractivity contribution in [1.82, 2.24) is 0 Å². The average Bonchev–Trinajstić information content (AvgIpc) is 3.24. The number of aliphatic hydroxyl groups is 1. The summed E-state index contributed by atoms with van der Waals surface area (Å²) >= 11 is 6.19. The second kappa shape index (κ2) is 8.18. The zero-order chi connectivity index (χ0) is 24.1. The molecule has 2 aliphatic rings. The van der Waals surface area contributed by atoms with E-state index in [0.29, 0.717) is 44.7 Å². The molecule has 0 spiro atoms. The quantitative estimate of drug-likeness (QED) is 0.507. The highest BCUT2D eigenvalue weighted by atomic mass is 35.5. The molecule has 1 N–H and O–H groups in total. The molecule has 3 atom stereocenters. The maximum atomic E-state index is 14.4. The van der Waals surface area contributed by atoms with Crippen LogP contribution in [0.4, 0.5) is 4.39 Å². The van der Waals surface area contributed by atoms with E-state index in [1.54, 1.807) is 42.5 Å². The second-order valence-electron chi connectivity index (χ2n) is 8.29. The third-order valence-corrected chi connectivity index (χ3v) is 6.95. The van der Waals surface area contributed by atoms with E-state index in [4.69, 9.17) is 30.6 Å². The Morgan fingerprint density at radius 3 is 2.47 bits per heavy atom. The summed E-state index contributed by atoms with van der Waals surface area (Å²) < 4.78 is 32.1. The van der Waals surface area contributed by atoms with Gasteiger partial charge in [-0.3, -0.25) is 0 Å². The average molecular weight is 484 g/mol. The van der Waals surface area contributed by atoms with Gasteiger partial charge in [-0.25, -0.2) is 4.39 Å². The summed E-state index contributed by atoms with van der Waals surface area (Å²) in [6.07, 6.45) is 0.255. The van der Waals surface area contributed by atoms with Crippen LogP contribution < -0.4 is 14.2 Å². The van der Waals surface area contributed by atoms with Gasteiger partial charge in [0.15, 0.2) is 11.2 Å². The van der Waals surface area contributed by atoms with Crippen LogP contribution in [0.1, 0.15) is 29.0 Å². The Kier molecular flexibility index (Phi) is 5.41. The molecule has 3 aromatic rings. The van der Waals surface area contributed by atoms with Gasteiger partial charge in [0.1, 0.15) is 30.2 Å². The van der Waals surface area contributed by atoms with E-state index >= 15 is 0 Å². The van der Waals surface area contributed by atoms with Crippen molar-refractivity contribution < 1.29 is 28.5 Å². The van der Waals surface area contributed by atoms with Gasteiger partial charge in [-0.1, -0.05) is 41.0 Å². The minimum Gasteiger partial charge on any atom is -0.496 e. The zero-order valence-electron chi connectivity index (χ0n) is 18.8. The van der Waals surface area contributed by atoms with E-state index in [9.17, 15) is 9.50 Å². The monoisotopic (exact) mass is 483 g/mol. The molecule has 3 unspecified atom stereocenters. The second-order valence-corrected chi connectivity index (χ2v) is 8.73. The first-order chi connectivity index (χ1) is 16.4. The maximum absolute atomic E-state index is 14.4. The van der Waals surface area contributed by atoms with Crippen molar-refractivity contribution in [3.8, 4) is 17.2 Å². The van der Waals surface area contributed by atoms with E-state index in [1.165, 1.54) is 33.5 Å². The fraction of sp³-hybridized carbons (Fsp3) is 0.269. The highest BCUT2D eigenvalue weighted by Crippen LogP contribution is 2.67. The Morgan fingerprint density at radius 1 is 1.06 bits per heavy atom. The summed E-state index contributed by atoms with van der Waals surface area (Å²) in [5, 5.41) is 17.4. The number of halogens is 2. The van der Waals surface area contributed by atoms with E-state index in [1.807, 2.05) is 6.07 Å². The van der Waals surface area contributed by atoms with Crippen LogP contribution in [0, 0.1) is 5.82 Å². The first-order valence-electron chi connectivity index (χ1n) is 10.7. The van der Waals surface area contributed by atoms with Gasteiger partial charge in [-0.2, -0.15) is 0 Å². The highest BCUT2D eigenvalue weighted by Gasteiger charge is 2.73. The van der Waals surface area contributed by atoms with E-state index in [2.05, 4.69) is 5.16 Å². The number of oxime groups is 1. The van der Waals surface area contributed by atoms with E-state index < -0.39 is 17.1 Å². The lowest BCUT2D eigenvalue weighted by molar-refractivity contribution is -0.0756. The lowest BCUT2D eigenvalue weighted by atomic mass is 9.71. The predicted molar refractivity (Wildman–Crippen MR) is 125 cm³/mol. The molecule has 0 amide bonds. The fourth-order valence-electron chi connectivity index (χ4n) is 5.34. The molecule has 176 valence electrons. The Bertz CT molecular complexity index is 1280. The van der Waals surface area contributed by atoms with Crippen LogP contribution in [0.15, 0.2) is 65.8 Å². The molecular formula is C26H23ClFNO5. The lowest BCUT2D eigenvalue weighted by Gasteiger charge is -2.39. The molecular weight excluding hydrogens is 461 g/mol. The zero-order valence-corrected chi connectivity index (χ0v) is 19.6. The van der Waals surface area contributed by atoms with Gasteiger partial charge in [0.25, 0.3) is 0 Å². The van der Waals surface area contributed by atoms with Crippen molar-refractivity contribution in [1.29, 1.82) is 0 Å². The van der Waals surface area contributed by atoms with Crippen LogP contribution in [-0.2, 0) is 16.0 Å². The molecule has 6 nitrogen and oxygen atoms in total. The number of hydrogen-bond acceptors (Lipinski definition) is 6. The number of hydrogen-bond donors (Lipinski definition) is 1. The van der Waals surface area contributed by atoms with Crippen LogP contribution in [0.25, 0.3) is 0 Å². The van der Waals surface area contributed by atoms with Gasteiger partial charge >= 0.3 is 0 Å². The minimum atomic E-state index is -1.79. The standard InChI is InChI=1S/C26H23ClFNO5/c1-31-19-12-21(32-2)24-22(13-19)34-26(16-7-9-17(27)10-8-16)20(15-5-4-6-18(28)11-15)14-23(29-33-3)25(24,26)30/h4-13,20,30H,14H2,1-3H3. The Hall–Kier alpha value is -3.29. The smallest absolute Gasteiger partial charge is 0.183 e. The van der Waals surface area contributed by atoms with Crippen LogP contribution in [0.3, 0.4) is 0 Å². The van der Waals surface area contributed by atoms with Crippen LogP contribution in [-0.4, -0.2) is 32.1 Å². The molecule has 8 heteroatoms. The molecule has 0 radical (unpaired) electrons. The first-order valence-corrected chi connectivity index (χ1v) is 11.1. The molecule has 1 saturated carbocycles. The van der Waals surface area contributed by atoms with Gasteiger partial charge in [-0.05, 0) is 35.4 Å². The molecule has 3 aromatic carbocycles. The van der Waals surface area contributed by atoms with Crippen LogP contribution in [0.5, 0.6) is 17.2 Å². The third kappa shape index (κ3) is 3.00. The number of ether oxygens (including phenoxy) is 3. The van der Waals surface area contributed by atoms with Crippen LogP contribution >= 0.6 is 11.6 Å². The topological polar surface area (TPSA) is 69.5 Å². The predicted octanol–water partition coefficient (Wildman–Crippen LogP) is 5.16. The Morgan fingerprint density at radius 2 is 1.82 bits per heavy atom. The molecule has 1 aliphatic heterocycles. The lowest BCUT2D eigenvalue weighted by Crippen LogP contribution is -2.50. The molecule has 1 aliphatic carbocycles. The molecule has 1 heterocycles. The Labute approximate surface area is 201 Å². The molecule has 34 heavy (non-hydrogen) atoms. The maximum Gasteiger partial charge on any atom is 0.183 e. The van der Waals surface area contributed by atoms with Gasteiger partial charge in [-0.15, -0.1) is 0 Å². The fourth-order valence-corrected chi connectivity index (χ4v) is 5.46. The SMILES string of the molecule is CON=C1CC(c2cccc(F)c2)C2(c3ccc(Cl)cc3)Oc3cc(OC)cc(OC)c3C12O. The van der Waals surface area contributed by atoms with Gasteiger partial charge in [0.2, 0.25) is 0 Å². The van der Waals surface area contributed by atoms with Gasteiger partial charge < -0.3 is 24.2 Å². The summed E-state index contributed by atoms with van der Waals surface area (Å²) in [5.41, 5.74) is -1.17. The van der Waals surface area contributed by atoms with Crippen molar-refractivity contribution in [3.05, 3.63) is 88.2 Å². The van der Waals surface area contributed by atoms with Crippen molar-refractivity contribution >= 4 is 17.3 Å². The van der Waals surface area contributed by atoms with Gasteiger partial charge in [0.05, 0.1) is 25.5 Å². The van der Waals surface area contributed by atoms with Crippen molar-refractivity contribution in [2.24, 2.45) is 5.16 Å². The number of rotatable bonds is 5. The number of fused-ring (bicyclic) bond motifs is 3. The minimum absolute atomic E-state index is 0.255. The van der Waals surface area contributed by atoms with Crippen molar-refractivity contribution in [2.45, 2.75) is 23.5 Å². The molecule has 1 fully saturated rings. The molecule has 0 bridgehead atoms. The molecule has 5 rings (SSSR count). The third-order valence-electron chi connectivity index (χ3n) is 6.70.